The Bertz CT molecular complexity index is 224. The van der Waals surface area contributed by atoms with Gasteiger partial charge in [0.25, 0.3) is 0 Å². The predicted octanol–water partition coefficient (Wildman–Crippen LogP) is 2.39. The molecule has 0 aromatic heterocycles. The molecule has 1 rings (SSSR count). The summed E-state index contributed by atoms with van der Waals surface area (Å²) in [4.78, 5) is 11.7. The average Bonchev–Trinajstić information content (AvgIpc) is 2.16. The Morgan fingerprint density at radius 1 is 1.40 bits per heavy atom. The molecule has 1 fully saturated rings. The topological polar surface area (TPSA) is 35.5 Å². The Morgan fingerprint density at radius 2 is 2.00 bits per heavy atom. The minimum atomic E-state index is -0.362. The number of carbonyl (C=O) groups is 1. The van der Waals surface area contributed by atoms with Gasteiger partial charge in [-0.2, -0.15) is 0 Å². The molecule has 3 heteroatoms. The molecule has 1 aliphatic heterocycles. The second-order valence-electron chi connectivity index (χ2n) is 5.16. The van der Waals surface area contributed by atoms with Gasteiger partial charge >= 0.3 is 5.97 Å². The van der Waals surface area contributed by atoms with Crippen molar-refractivity contribution >= 4 is 5.97 Å². The Balaban J connectivity index is 2.40. The fourth-order valence-corrected chi connectivity index (χ4v) is 1.34. The van der Waals surface area contributed by atoms with E-state index in [2.05, 4.69) is 6.92 Å². The maximum absolute atomic E-state index is 11.7. The van der Waals surface area contributed by atoms with Crippen molar-refractivity contribution in [1.82, 2.24) is 0 Å². The summed E-state index contributed by atoms with van der Waals surface area (Å²) in [6.45, 7) is 9.92. The van der Waals surface area contributed by atoms with Gasteiger partial charge in [-0.3, -0.25) is 4.79 Å². The number of hydrogen-bond donors (Lipinski definition) is 0. The minimum absolute atomic E-state index is 0.0928. The lowest BCUT2D eigenvalue weighted by molar-refractivity contribution is -0.178. The molecular formula is C12H22O3. The van der Waals surface area contributed by atoms with Crippen LogP contribution < -0.4 is 0 Å². The van der Waals surface area contributed by atoms with E-state index >= 15 is 0 Å². The van der Waals surface area contributed by atoms with Gasteiger partial charge in [0.15, 0.2) is 0 Å². The summed E-state index contributed by atoms with van der Waals surface area (Å²) in [6.07, 6.45) is 1.81. The van der Waals surface area contributed by atoms with E-state index in [-0.39, 0.29) is 16.8 Å². The number of carbonyl (C=O) groups excluding carboxylic acids is 1. The molecule has 1 aliphatic rings. The van der Waals surface area contributed by atoms with Crippen molar-refractivity contribution in [3.8, 4) is 0 Å². The first kappa shape index (κ1) is 12.5. The SMILES string of the molecule is CCC1(COC(=O)C(C)(C)CC)COC1. The highest BCUT2D eigenvalue weighted by molar-refractivity contribution is 5.75. The lowest BCUT2D eigenvalue weighted by Crippen LogP contribution is -2.47. The zero-order valence-corrected chi connectivity index (χ0v) is 10.3. The number of hydrogen-bond acceptors (Lipinski definition) is 3. The van der Waals surface area contributed by atoms with Crippen LogP contribution in [0, 0.1) is 10.8 Å². The van der Waals surface area contributed by atoms with Gasteiger partial charge in [-0.25, -0.2) is 0 Å². The second kappa shape index (κ2) is 4.52. The maximum Gasteiger partial charge on any atom is 0.311 e. The third-order valence-electron chi connectivity index (χ3n) is 3.51. The van der Waals surface area contributed by atoms with Crippen molar-refractivity contribution in [2.75, 3.05) is 19.8 Å². The van der Waals surface area contributed by atoms with E-state index < -0.39 is 0 Å². The molecule has 0 bridgehead atoms. The first-order chi connectivity index (χ1) is 6.96. The molecule has 0 amide bonds. The molecule has 0 saturated carbocycles. The molecule has 0 spiro atoms. The van der Waals surface area contributed by atoms with Gasteiger partial charge < -0.3 is 9.47 Å². The van der Waals surface area contributed by atoms with Crippen molar-refractivity contribution in [1.29, 1.82) is 0 Å². The van der Waals surface area contributed by atoms with Crippen LogP contribution in [0.25, 0.3) is 0 Å². The van der Waals surface area contributed by atoms with E-state index in [4.69, 9.17) is 9.47 Å². The second-order valence-corrected chi connectivity index (χ2v) is 5.16. The molecule has 1 saturated heterocycles. The van der Waals surface area contributed by atoms with E-state index in [1.54, 1.807) is 0 Å². The van der Waals surface area contributed by atoms with Crippen molar-refractivity contribution in [2.45, 2.75) is 40.5 Å². The Hall–Kier alpha value is -0.570. The van der Waals surface area contributed by atoms with Gasteiger partial charge in [0.05, 0.1) is 24.0 Å². The smallest absolute Gasteiger partial charge is 0.311 e. The van der Waals surface area contributed by atoms with Crippen LogP contribution >= 0.6 is 0 Å². The van der Waals surface area contributed by atoms with Gasteiger partial charge in [0.2, 0.25) is 0 Å². The summed E-state index contributed by atoms with van der Waals surface area (Å²) < 4.78 is 10.6. The number of ether oxygens (including phenoxy) is 2. The highest BCUT2D eigenvalue weighted by Crippen LogP contribution is 2.32. The lowest BCUT2D eigenvalue weighted by atomic mass is 9.84. The van der Waals surface area contributed by atoms with E-state index in [0.717, 1.165) is 26.1 Å². The summed E-state index contributed by atoms with van der Waals surface area (Å²) in [5.41, 5.74) is -0.265. The number of esters is 1. The van der Waals surface area contributed by atoms with Crippen molar-refractivity contribution in [3.63, 3.8) is 0 Å². The van der Waals surface area contributed by atoms with Crippen LogP contribution in [0.15, 0.2) is 0 Å². The first-order valence-electron chi connectivity index (χ1n) is 5.71. The monoisotopic (exact) mass is 214 g/mol. The fraction of sp³-hybridized carbons (Fsp3) is 0.917. The Kier molecular flexibility index (Phi) is 3.77. The van der Waals surface area contributed by atoms with Crippen LogP contribution in [0.5, 0.6) is 0 Å². The molecule has 3 nitrogen and oxygen atoms in total. The van der Waals surface area contributed by atoms with E-state index in [9.17, 15) is 4.79 Å². The Labute approximate surface area is 92.1 Å². The summed E-state index contributed by atoms with van der Waals surface area (Å²) in [5.74, 6) is -0.0928. The molecule has 0 unspecified atom stereocenters. The Morgan fingerprint density at radius 3 is 2.33 bits per heavy atom. The molecule has 0 radical (unpaired) electrons. The molecular weight excluding hydrogens is 192 g/mol. The summed E-state index contributed by atoms with van der Waals surface area (Å²) in [7, 11) is 0. The van der Waals surface area contributed by atoms with E-state index in [0.29, 0.717) is 6.61 Å². The fourth-order valence-electron chi connectivity index (χ4n) is 1.34. The molecule has 15 heavy (non-hydrogen) atoms. The molecule has 0 aromatic rings. The summed E-state index contributed by atoms with van der Waals surface area (Å²) in [6, 6.07) is 0. The van der Waals surface area contributed by atoms with Crippen molar-refractivity contribution < 1.29 is 14.3 Å². The highest BCUT2D eigenvalue weighted by atomic mass is 16.5. The van der Waals surface area contributed by atoms with Crippen LogP contribution in [-0.2, 0) is 14.3 Å². The number of rotatable bonds is 5. The molecule has 0 atom stereocenters. The normalized spacial score (nSPS) is 19.5. The highest BCUT2D eigenvalue weighted by Gasteiger charge is 2.39. The molecule has 0 aromatic carbocycles. The zero-order chi connectivity index (χ0) is 11.5. The van der Waals surface area contributed by atoms with Gasteiger partial charge in [-0.05, 0) is 26.7 Å². The quantitative estimate of drug-likeness (QED) is 0.659. The van der Waals surface area contributed by atoms with Gasteiger partial charge in [-0.15, -0.1) is 0 Å². The standard InChI is InChI=1S/C12H22O3/c1-5-11(3,4)10(13)15-9-12(6-2)7-14-8-12/h5-9H2,1-4H3. The lowest BCUT2D eigenvalue weighted by Gasteiger charge is -2.40. The van der Waals surface area contributed by atoms with Gasteiger partial charge in [0.1, 0.15) is 6.61 Å². The van der Waals surface area contributed by atoms with Gasteiger partial charge in [-0.1, -0.05) is 13.8 Å². The van der Waals surface area contributed by atoms with Gasteiger partial charge in [0, 0.05) is 0 Å². The largest absolute Gasteiger partial charge is 0.465 e. The van der Waals surface area contributed by atoms with E-state index in [1.807, 2.05) is 20.8 Å². The van der Waals surface area contributed by atoms with Crippen molar-refractivity contribution in [3.05, 3.63) is 0 Å². The summed E-state index contributed by atoms with van der Waals surface area (Å²) >= 11 is 0. The van der Waals surface area contributed by atoms with Crippen molar-refractivity contribution in [2.24, 2.45) is 10.8 Å². The molecule has 0 aliphatic carbocycles. The first-order valence-corrected chi connectivity index (χ1v) is 5.71. The molecule has 88 valence electrons. The molecule has 0 N–H and O–H groups in total. The predicted molar refractivity (Wildman–Crippen MR) is 58.6 cm³/mol. The van der Waals surface area contributed by atoms with Crippen LogP contribution in [0.4, 0.5) is 0 Å². The van der Waals surface area contributed by atoms with Crippen LogP contribution in [0.1, 0.15) is 40.5 Å². The van der Waals surface area contributed by atoms with Crippen LogP contribution in [0.2, 0.25) is 0 Å². The third kappa shape index (κ3) is 2.71. The average molecular weight is 214 g/mol. The van der Waals surface area contributed by atoms with Crippen LogP contribution in [0.3, 0.4) is 0 Å². The zero-order valence-electron chi connectivity index (χ0n) is 10.3. The third-order valence-corrected chi connectivity index (χ3v) is 3.51. The molecule has 1 heterocycles. The maximum atomic E-state index is 11.7. The minimum Gasteiger partial charge on any atom is -0.465 e. The van der Waals surface area contributed by atoms with E-state index in [1.165, 1.54) is 0 Å². The van der Waals surface area contributed by atoms with Crippen LogP contribution in [-0.4, -0.2) is 25.8 Å². The summed E-state index contributed by atoms with van der Waals surface area (Å²) in [5, 5.41) is 0.